The molecule has 0 spiro atoms. The SMILES string of the molecule is CC(C)c1ccc(C[C@H]2CNCCN2C(=O)OC(C)(C)C)cc1. The highest BCUT2D eigenvalue weighted by atomic mass is 16.6. The first-order chi connectivity index (χ1) is 10.8. The van der Waals surface area contributed by atoms with Crippen LogP contribution in [0.4, 0.5) is 4.79 Å². The largest absolute Gasteiger partial charge is 0.444 e. The van der Waals surface area contributed by atoms with E-state index < -0.39 is 5.60 Å². The summed E-state index contributed by atoms with van der Waals surface area (Å²) in [6, 6.07) is 8.87. The number of piperazine rings is 1. The monoisotopic (exact) mass is 318 g/mol. The molecule has 4 nitrogen and oxygen atoms in total. The van der Waals surface area contributed by atoms with Crippen molar-refractivity contribution in [3.63, 3.8) is 0 Å². The molecule has 0 unspecified atom stereocenters. The summed E-state index contributed by atoms with van der Waals surface area (Å²) in [6.45, 7) is 12.5. The maximum absolute atomic E-state index is 12.4. The number of nitrogens with one attached hydrogen (secondary N) is 1. The lowest BCUT2D eigenvalue weighted by Crippen LogP contribution is -2.55. The van der Waals surface area contributed by atoms with Gasteiger partial charge in [0.2, 0.25) is 0 Å². The third-order valence-corrected chi connectivity index (χ3v) is 4.10. The predicted octanol–water partition coefficient (Wildman–Crippen LogP) is 3.56. The zero-order valence-corrected chi connectivity index (χ0v) is 15.1. The third kappa shape index (κ3) is 5.24. The van der Waals surface area contributed by atoms with Gasteiger partial charge in [-0.3, -0.25) is 0 Å². The quantitative estimate of drug-likeness (QED) is 0.926. The average molecular weight is 318 g/mol. The summed E-state index contributed by atoms with van der Waals surface area (Å²) in [4.78, 5) is 14.3. The molecule has 0 bridgehead atoms. The minimum Gasteiger partial charge on any atom is -0.444 e. The molecule has 2 rings (SSSR count). The normalized spacial score (nSPS) is 19.0. The van der Waals surface area contributed by atoms with E-state index in [4.69, 9.17) is 4.74 Å². The van der Waals surface area contributed by atoms with Crippen molar-refractivity contribution < 1.29 is 9.53 Å². The Morgan fingerprint density at radius 1 is 1.30 bits per heavy atom. The van der Waals surface area contributed by atoms with Crippen LogP contribution in [-0.4, -0.2) is 42.3 Å². The molecule has 0 radical (unpaired) electrons. The Bertz CT molecular complexity index is 517. The Kier molecular flexibility index (Phi) is 5.69. The molecule has 0 saturated carbocycles. The van der Waals surface area contributed by atoms with Crippen LogP contribution in [0.2, 0.25) is 0 Å². The highest BCUT2D eigenvalue weighted by Gasteiger charge is 2.30. The molecular weight excluding hydrogens is 288 g/mol. The molecule has 1 saturated heterocycles. The number of amides is 1. The van der Waals surface area contributed by atoms with Crippen LogP contribution in [0.15, 0.2) is 24.3 Å². The molecular formula is C19H30N2O2. The zero-order chi connectivity index (χ0) is 17.0. The smallest absolute Gasteiger partial charge is 0.410 e. The lowest BCUT2D eigenvalue weighted by molar-refractivity contribution is 0.0122. The lowest BCUT2D eigenvalue weighted by Gasteiger charge is -2.37. The second-order valence-electron chi connectivity index (χ2n) is 7.63. The van der Waals surface area contributed by atoms with Crippen molar-refractivity contribution in [2.45, 2.75) is 58.6 Å². The second kappa shape index (κ2) is 7.35. The summed E-state index contributed by atoms with van der Waals surface area (Å²) in [5, 5.41) is 3.38. The number of rotatable bonds is 3. The molecule has 4 heteroatoms. The number of benzene rings is 1. The molecule has 1 atom stereocenters. The number of hydrogen-bond donors (Lipinski definition) is 1. The average Bonchev–Trinajstić information content (AvgIpc) is 2.46. The van der Waals surface area contributed by atoms with Gasteiger partial charge in [0.15, 0.2) is 0 Å². The maximum atomic E-state index is 12.4. The fourth-order valence-corrected chi connectivity index (χ4v) is 2.81. The van der Waals surface area contributed by atoms with Gasteiger partial charge in [-0.25, -0.2) is 4.79 Å². The topological polar surface area (TPSA) is 41.6 Å². The molecule has 0 aliphatic carbocycles. The van der Waals surface area contributed by atoms with Gasteiger partial charge in [0.1, 0.15) is 5.60 Å². The standard InChI is InChI=1S/C19H30N2O2/c1-14(2)16-8-6-15(7-9-16)12-17-13-20-10-11-21(17)18(22)23-19(3,4)5/h6-9,14,17,20H,10-13H2,1-5H3/t17-/m0/s1. The Balaban J connectivity index is 2.04. The molecule has 1 aromatic rings. The first kappa shape index (κ1) is 17.8. The van der Waals surface area contributed by atoms with Crippen LogP contribution in [0.25, 0.3) is 0 Å². The number of carbonyl (C=O) groups excluding carboxylic acids is 1. The first-order valence-corrected chi connectivity index (χ1v) is 8.55. The Morgan fingerprint density at radius 2 is 1.96 bits per heavy atom. The van der Waals surface area contributed by atoms with E-state index in [0.717, 1.165) is 19.5 Å². The fraction of sp³-hybridized carbons (Fsp3) is 0.632. The number of hydrogen-bond acceptors (Lipinski definition) is 3. The van der Waals surface area contributed by atoms with Crippen molar-refractivity contribution in [3.8, 4) is 0 Å². The highest BCUT2D eigenvalue weighted by Crippen LogP contribution is 2.19. The van der Waals surface area contributed by atoms with Gasteiger partial charge < -0.3 is 15.0 Å². The van der Waals surface area contributed by atoms with Gasteiger partial charge in [-0.05, 0) is 44.2 Å². The van der Waals surface area contributed by atoms with Crippen molar-refractivity contribution in [2.75, 3.05) is 19.6 Å². The molecule has 1 amide bonds. The van der Waals surface area contributed by atoms with Crippen molar-refractivity contribution in [1.29, 1.82) is 0 Å². The van der Waals surface area contributed by atoms with Crippen molar-refractivity contribution in [3.05, 3.63) is 35.4 Å². The molecule has 1 aliphatic heterocycles. The summed E-state index contributed by atoms with van der Waals surface area (Å²) in [5.41, 5.74) is 2.15. The van der Waals surface area contributed by atoms with Gasteiger partial charge in [-0.15, -0.1) is 0 Å². The Hall–Kier alpha value is -1.55. The summed E-state index contributed by atoms with van der Waals surface area (Å²) in [5.74, 6) is 0.540. The van der Waals surface area contributed by atoms with Gasteiger partial charge in [0, 0.05) is 19.6 Å². The maximum Gasteiger partial charge on any atom is 0.410 e. The van der Waals surface area contributed by atoms with E-state index in [-0.39, 0.29) is 12.1 Å². The summed E-state index contributed by atoms with van der Waals surface area (Å²) >= 11 is 0. The highest BCUT2D eigenvalue weighted by molar-refractivity contribution is 5.68. The summed E-state index contributed by atoms with van der Waals surface area (Å²) in [6.07, 6.45) is 0.646. The van der Waals surface area contributed by atoms with Gasteiger partial charge >= 0.3 is 6.09 Å². The molecule has 1 heterocycles. The van der Waals surface area contributed by atoms with Crippen molar-refractivity contribution in [1.82, 2.24) is 10.2 Å². The van der Waals surface area contributed by atoms with Gasteiger partial charge in [-0.2, -0.15) is 0 Å². The summed E-state index contributed by atoms with van der Waals surface area (Å²) < 4.78 is 5.55. The van der Waals surface area contributed by atoms with E-state index in [1.165, 1.54) is 11.1 Å². The Morgan fingerprint density at radius 3 is 2.52 bits per heavy atom. The van der Waals surface area contributed by atoms with Gasteiger partial charge in [0.05, 0.1) is 6.04 Å². The van der Waals surface area contributed by atoms with Gasteiger partial charge in [-0.1, -0.05) is 38.1 Å². The number of carbonyl (C=O) groups is 1. The van der Waals surface area contributed by atoms with E-state index in [1.807, 2.05) is 25.7 Å². The van der Waals surface area contributed by atoms with E-state index in [9.17, 15) is 4.79 Å². The van der Waals surface area contributed by atoms with Crippen molar-refractivity contribution >= 4 is 6.09 Å². The number of nitrogens with zero attached hydrogens (tertiary/aromatic N) is 1. The third-order valence-electron chi connectivity index (χ3n) is 4.10. The summed E-state index contributed by atoms with van der Waals surface area (Å²) in [7, 11) is 0. The Labute approximate surface area is 140 Å². The molecule has 1 aliphatic rings. The van der Waals surface area contributed by atoms with E-state index in [0.29, 0.717) is 12.5 Å². The minimum atomic E-state index is -0.453. The van der Waals surface area contributed by atoms with Gasteiger partial charge in [0.25, 0.3) is 0 Å². The van der Waals surface area contributed by atoms with Crippen LogP contribution in [0.3, 0.4) is 0 Å². The molecule has 23 heavy (non-hydrogen) atoms. The predicted molar refractivity (Wildman–Crippen MR) is 93.8 cm³/mol. The molecule has 1 aromatic carbocycles. The fourth-order valence-electron chi connectivity index (χ4n) is 2.81. The molecule has 1 N–H and O–H groups in total. The van der Waals surface area contributed by atoms with Crippen LogP contribution >= 0.6 is 0 Å². The first-order valence-electron chi connectivity index (χ1n) is 8.55. The lowest BCUT2D eigenvalue weighted by atomic mass is 9.98. The minimum absolute atomic E-state index is 0.142. The van der Waals surface area contributed by atoms with E-state index >= 15 is 0 Å². The van der Waals surface area contributed by atoms with E-state index in [1.54, 1.807) is 0 Å². The molecule has 1 fully saturated rings. The van der Waals surface area contributed by atoms with Crippen molar-refractivity contribution in [2.24, 2.45) is 0 Å². The second-order valence-corrected chi connectivity index (χ2v) is 7.63. The molecule has 0 aromatic heterocycles. The van der Waals surface area contributed by atoms with Crippen LogP contribution in [0.1, 0.15) is 51.7 Å². The van der Waals surface area contributed by atoms with Crippen LogP contribution in [0.5, 0.6) is 0 Å². The number of ether oxygens (including phenoxy) is 1. The van der Waals surface area contributed by atoms with Crippen LogP contribution in [0, 0.1) is 0 Å². The van der Waals surface area contributed by atoms with E-state index in [2.05, 4.69) is 43.4 Å². The molecule has 128 valence electrons. The zero-order valence-electron chi connectivity index (χ0n) is 15.1. The van der Waals surface area contributed by atoms with Crippen LogP contribution < -0.4 is 5.32 Å². The van der Waals surface area contributed by atoms with Crippen LogP contribution in [-0.2, 0) is 11.2 Å².